The maximum Gasteiger partial charge on any atom is 0.265 e. The molecule has 0 aliphatic rings. The second-order valence-electron chi connectivity index (χ2n) is 4.77. The van der Waals surface area contributed by atoms with Crippen molar-refractivity contribution in [3.05, 3.63) is 58.1 Å². The highest BCUT2D eigenvalue weighted by Gasteiger charge is 2.16. The Hall–Kier alpha value is -2.24. The minimum atomic E-state index is -0.774. The third-order valence-electron chi connectivity index (χ3n) is 2.99. The normalized spacial score (nSPS) is 11.6. The lowest BCUT2D eigenvalue weighted by Crippen LogP contribution is -2.30. The number of rotatable bonds is 5. The van der Waals surface area contributed by atoms with Gasteiger partial charge in [0.25, 0.3) is 5.91 Å². The van der Waals surface area contributed by atoms with Gasteiger partial charge in [-0.05, 0) is 37.3 Å². The van der Waals surface area contributed by atoms with Gasteiger partial charge in [-0.15, -0.1) is 0 Å². The topological polar surface area (TPSA) is 81.4 Å². The van der Waals surface area contributed by atoms with E-state index in [1.807, 2.05) is 0 Å². The molecule has 0 aromatic heterocycles. The van der Waals surface area contributed by atoms with E-state index >= 15 is 0 Å². The van der Waals surface area contributed by atoms with Crippen LogP contribution >= 0.6 is 23.2 Å². The number of primary amides is 1. The largest absolute Gasteiger partial charge is 0.481 e. The Kier molecular flexibility index (Phi) is 5.47. The first-order chi connectivity index (χ1) is 10.9. The van der Waals surface area contributed by atoms with Crippen LogP contribution in [-0.4, -0.2) is 17.9 Å². The van der Waals surface area contributed by atoms with Crippen molar-refractivity contribution in [2.45, 2.75) is 13.0 Å². The van der Waals surface area contributed by atoms with Crippen LogP contribution in [0, 0.1) is 0 Å². The minimum absolute atomic E-state index is 0.306. The highest BCUT2D eigenvalue weighted by Crippen LogP contribution is 2.27. The quantitative estimate of drug-likeness (QED) is 0.863. The Morgan fingerprint density at radius 3 is 2.52 bits per heavy atom. The molecule has 2 aromatic carbocycles. The van der Waals surface area contributed by atoms with E-state index in [1.54, 1.807) is 37.3 Å². The highest BCUT2D eigenvalue weighted by atomic mass is 35.5. The van der Waals surface area contributed by atoms with Gasteiger partial charge in [0, 0.05) is 17.3 Å². The molecule has 0 saturated heterocycles. The predicted octanol–water partition coefficient (Wildman–Crippen LogP) is 3.50. The maximum absolute atomic E-state index is 12.1. The summed E-state index contributed by atoms with van der Waals surface area (Å²) in [7, 11) is 0. The molecule has 0 bridgehead atoms. The molecule has 0 fully saturated rings. The van der Waals surface area contributed by atoms with Crippen LogP contribution in [0.2, 0.25) is 10.0 Å². The zero-order chi connectivity index (χ0) is 17.0. The number of benzene rings is 2. The lowest BCUT2D eigenvalue weighted by atomic mass is 10.2. The molecule has 0 aliphatic carbocycles. The summed E-state index contributed by atoms with van der Waals surface area (Å²) in [4.78, 5) is 23.3. The van der Waals surface area contributed by atoms with Crippen LogP contribution in [-0.2, 0) is 4.79 Å². The van der Waals surface area contributed by atoms with Crippen molar-refractivity contribution in [2.24, 2.45) is 5.73 Å². The third kappa shape index (κ3) is 4.61. The number of halogens is 2. The zero-order valence-corrected chi connectivity index (χ0v) is 13.7. The maximum atomic E-state index is 12.1. The number of amides is 2. The van der Waals surface area contributed by atoms with Gasteiger partial charge in [-0.1, -0.05) is 29.3 Å². The van der Waals surface area contributed by atoms with Crippen LogP contribution < -0.4 is 15.8 Å². The summed E-state index contributed by atoms with van der Waals surface area (Å²) < 4.78 is 5.52. The molecule has 2 amide bonds. The molecule has 0 spiro atoms. The van der Waals surface area contributed by atoms with Gasteiger partial charge in [0.05, 0.1) is 10.0 Å². The second-order valence-corrected chi connectivity index (χ2v) is 5.58. The summed E-state index contributed by atoms with van der Waals surface area (Å²) in [6.45, 7) is 1.59. The lowest BCUT2D eigenvalue weighted by Gasteiger charge is -2.15. The Labute approximate surface area is 143 Å². The van der Waals surface area contributed by atoms with Crippen LogP contribution in [0.5, 0.6) is 5.75 Å². The monoisotopic (exact) mass is 352 g/mol. The number of nitrogens with one attached hydrogen (secondary N) is 1. The van der Waals surface area contributed by atoms with Gasteiger partial charge in [-0.25, -0.2) is 0 Å². The van der Waals surface area contributed by atoms with Gasteiger partial charge in [0.1, 0.15) is 5.75 Å². The average Bonchev–Trinajstić information content (AvgIpc) is 2.51. The fourth-order valence-electron chi connectivity index (χ4n) is 1.80. The fraction of sp³-hybridized carbons (Fsp3) is 0.125. The van der Waals surface area contributed by atoms with E-state index in [1.165, 1.54) is 12.1 Å². The number of hydrogen-bond donors (Lipinski definition) is 2. The van der Waals surface area contributed by atoms with Gasteiger partial charge in [0.2, 0.25) is 5.91 Å². The molecule has 2 rings (SSSR count). The summed E-state index contributed by atoms with van der Waals surface area (Å²) >= 11 is 11.7. The number of nitrogens with two attached hydrogens (primary N) is 1. The van der Waals surface area contributed by atoms with E-state index in [9.17, 15) is 9.59 Å². The molecule has 7 heteroatoms. The zero-order valence-electron chi connectivity index (χ0n) is 12.2. The molecule has 2 aromatic rings. The number of ether oxygens (including phenoxy) is 1. The molecule has 3 N–H and O–H groups in total. The van der Waals surface area contributed by atoms with Crippen LogP contribution in [0.25, 0.3) is 0 Å². The molecule has 120 valence electrons. The third-order valence-corrected chi connectivity index (χ3v) is 3.73. The summed E-state index contributed by atoms with van der Waals surface area (Å²) in [6.07, 6.45) is -0.774. The van der Waals surface area contributed by atoms with E-state index in [0.717, 1.165) is 0 Å². The summed E-state index contributed by atoms with van der Waals surface area (Å²) in [5, 5.41) is 3.39. The molecule has 5 nitrogen and oxygen atoms in total. The molecule has 0 radical (unpaired) electrons. The summed E-state index contributed by atoms with van der Waals surface area (Å²) in [5.74, 6) is -0.521. The number of carbonyl (C=O) groups excluding carboxylic acids is 2. The molecule has 0 aliphatic heterocycles. The van der Waals surface area contributed by atoms with E-state index in [4.69, 9.17) is 33.7 Å². The number of anilines is 1. The fourth-order valence-corrected chi connectivity index (χ4v) is 2.09. The Morgan fingerprint density at radius 1 is 1.13 bits per heavy atom. The first-order valence-electron chi connectivity index (χ1n) is 6.69. The van der Waals surface area contributed by atoms with Crippen LogP contribution in [0.15, 0.2) is 42.5 Å². The predicted molar refractivity (Wildman–Crippen MR) is 90.1 cm³/mol. The number of hydrogen-bond acceptors (Lipinski definition) is 3. The van der Waals surface area contributed by atoms with Crippen molar-refractivity contribution >= 4 is 40.7 Å². The lowest BCUT2D eigenvalue weighted by molar-refractivity contribution is -0.122. The molecular formula is C16H14Cl2N2O3. The summed E-state index contributed by atoms with van der Waals surface area (Å²) in [5.41, 5.74) is 5.96. The van der Waals surface area contributed by atoms with E-state index in [-0.39, 0.29) is 5.91 Å². The highest BCUT2D eigenvalue weighted by molar-refractivity contribution is 6.42. The van der Waals surface area contributed by atoms with Gasteiger partial charge < -0.3 is 15.8 Å². The van der Waals surface area contributed by atoms with Crippen molar-refractivity contribution in [1.29, 1.82) is 0 Å². The van der Waals surface area contributed by atoms with Gasteiger partial charge in [-0.3, -0.25) is 9.59 Å². The molecule has 23 heavy (non-hydrogen) atoms. The standard InChI is InChI=1S/C16H14Cl2N2O3/c1-9(23-12-5-6-13(17)14(18)8-12)16(22)20-11-4-2-3-10(7-11)15(19)21/h2-9H,1H3,(H2,19,21)(H,20,22). The first kappa shape index (κ1) is 17.1. The van der Waals surface area contributed by atoms with Gasteiger partial charge in [0.15, 0.2) is 6.10 Å². The molecule has 1 atom stereocenters. The van der Waals surface area contributed by atoms with Crippen molar-refractivity contribution in [1.82, 2.24) is 0 Å². The Morgan fingerprint density at radius 2 is 1.87 bits per heavy atom. The Balaban J connectivity index is 2.03. The van der Waals surface area contributed by atoms with Gasteiger partial charge in [-0.2, -0.15) is 0 Å². The minimum Gasteiger partial charge on any atom is -0.481 e. The molecular weight excluding hydrogens is 339 g/mol. The van der Waals surface area contributed by atoms with E-state index in [0.29, 0.717) is 27.0 Å². The molecule has 0 saturated carbocycles. The van der Waals surface area contributed by atoms with Crippen LogP contribution in [0.1, 0.15) is 17.3 Å². The van der Waals surface area contributed by atoms with Crippen molar-refractivity contribution < 1.29 is 14.3 Å². The van der Waals surface area contributed by atoms with Crippen LogP contribution in [0.3, 0.4) is 0 Å². The van der Waals surface area contributed by atoms with E-state index in [2.05, 4.69) is 5.32 Å². The van der Waals surface area contributed by atoms with Crippen LogP contribution in [0.4, 0.5) is 5.69 Å². The van der Waals surface area contributed by atoms with Crippen molar-refractivity contribution in [3.63, 3.8) is 0 Å². The Bertz CT molecular complexity index is 750. The number of carbonyl (C=O) groups is 2. The molecule has 0 heterocycles. The van der Waals surface area contributed by atoms with Crippen molar-refractivity contribution in [2.75, 3.05) is 5.32 Å². The smallest absolute Gasteiger partial charge is 0.265 e. The van der Waals surface area contributed by atoms with Gasteiger partial charge >= 0.3 is 0 Å². The van der Waals surface area contributed by atoms with Crippen molar-refractivity contribution in [3.8, 4) is 5.75 Å². The summed E-state index contributed by atoms with van der Waals surface area (Å²) in [6, 6.07) is 11.1. The van der Waals surface area contributed by atoms with E-state index < -0.39 is 12.0 Å². The second kappa shape index (κ2) is 7.35. The first-order valence-corrected chi connectivity index (χ1v) is 7.45. The average molecular weight is 353 g/mol. The molecule has 1 unspecified atom stereocenters. The SMILES string of the molecule is CC(Oc1ccc(Cl)c(Cl)c1)C(=O)Nc1cccc(C(N)=O)c1.